The zero-order chi connectivity index (χ0) is 19.4. The summed E-state index contributed by atoms with van der Waals surface area (Å²) in [6.45, 7) is 4.25. The van der Waals surface area contributed by atoms with Gasteiger partial charge in [-0.25, -0.2) is 0 Å². The van der Waals surface area contributed by atoms with E-state index in [0.29, 0.717) is 21.4 Å². The fourth-order valence-corrected chi connectivity index (χ4v) is 4.45. The molecular formula is C21H20N2O2S2. The lowest BCUT2D eigenvalue weighted by molar-refractivity contribution is 0.100. The molecule has 0 saturated carbocycles. The van der Waals surface area contributed by atoms with Gasteiger partial charge in [0.1, 0.15) is 5.00 Å². The smallest absolute Gasteiger partial charge is 0.256 e. The number of nitrogens with two attached hydrogens (primary N) is 1. The quantitative estimate of drug-likeness (QED) is 0.558. The number of hydrogen-bond donors (Lipinski definition) is 2. The first-order valence-electron chi connectivity index (χ1n) is 8.51. The molecule has 3 rings (SSSR count). The molecule has 0 aliphatic rings. The molecule has 4 nitrogen and oxygen atoms in total. The highest BCUT2D eigenvalue weighted by Crippen LogP contribution is 2.35. The number of anilines is 1. The molecule has 0 spiro atoms. The summed E-state index contributed by atoms with van der Waals surface area (Å²) < 4.78 is 0. The van der Waals surface area contributed by atoms with Crippen molar-refractivity contribution in [2.24, 2.45) is 5.73 Å². The predicted octanol–water partition coefficient (Wildman–Crippen LogP) is 5.27. The number of carbonyl (C=O) groups is 2. The molecule has 138 valence electrons. The Kier molecular flexibility index (Phi) is 5.98. The molecule has 0 fully saturated rings. The van der Waals surface area contributed by atoms with Gasteiger partial charge in [0.25, 0.3) is 11.8 Å². The molecule has 1 aromatic heterocycles. The maximum atomic E-state index is 12.6. The highest BCUT2D eigenvalue weighted by Gasteiger charge is 2.17. The van der Waals surface area contributed by atoms with Gasteiger partial charge in [0.15, 0.2) is 0 Å². The van der Waals surface area contributed by atoms with Crippen molar-refractivity contribution in [3.05, 3.63) is 71.8 Å². The monoisotopic (exact) mass is 396 g/mol. The number of primary amides is 1. The molecule has 2 aromatic carbocycles. The van der Waals surface area contributed by atoms with Crippen LogP contribution in [0.1, 0.15) is 34.6 Å². The van der Waals surface area contributed by atoms with E-state index in [-0.39, 0.29) is 5.91 Å². The molecule has 0 bridgehead atoms. The van der Waals surface area contributed by atoms with Gasteiger partial charge < -0.3 is 11.1 Å². The number of benzene rings is 2. The highest BCUT2D eigenvalue weighted by atomic mass is 32.2. The van der Waals surface area contributed by atoms with Crippen molar-refractivity contribution in [1.29, 1.82) is 0 Å². The minimum atomic E-state index is -0.563. The van der Waals surface area contributed by atoms with E-state index in [1.54, 1.807) is 30.0 Å². The Hall–Kier alpha value is -2.57. The first-order valence-corrected chi connectivity index (χ1v) is 10.2. The first-order chi connectivity index (χ1) is 12.9. The summed E-state index contributed by atoms with van der Waals surface area (Å²) in [6, 6.07) is 18.8. The molecule has 0 aliphatic carbocycles. The molecule has 6 heteroatoms. The number of nitrogens with one attached hydrogen (secondary N) is 1. The zero-order valence-electron chi connectivity index (χ0n) is 15.1. The van der Waals surface area contributed by atoms with E-state index in [0.717, 1.165) is 15.3 Å². The Morgan fingerprint density at radius 1 is 1.04 bits per heavy atom. The van der Waals surface area contributed by atoms with Crippen LogP contribution in [0.2, 0.25) is 0 Å². The lowest BCUT2D eigenvalue weighted by atomic mass is 10.1. The third-order valence-corrected chi connectivity index (χ3v) is 5.89. The Bertz CT molecular complexity index is 948. The Morgan fingerprint density at radius 2 is 1.70 bits per heavy atom. The molecule has 0 saturated heterocycles. The molecule has 0 atom stereocenters. The fourth-order valence-electron chi connectivity index (χ4n) is 2.54. The highest BCUT2D eigenvalue weighted by molar-refractivity contribution is 7.99. The maximum absolute atomic E-state index is 12.6. The number of rotatable bonds is 6. The lowest BCUT2D eigenvalue weighted by Gasteiger charge is -2.07. The number of amides is 2. The van der Waals surface area contributed by atoms with Gasteiger partial charge in [0, 0.05) is 20.6 Å². The fraction of sp³-hybridized carbons (Fsp3) is 0.143. The normalized spacial score (nSPS) is 10.8. The SMILES string of the molecule is CC(C)Sc1ccc(C(=O)Nc2sc(-c3ccccc3)cc2C(N)=O)cc1. The van der Waals surface area contributed by atoms with E-state index in [2.05, 4.69) is 19.2 Å². The van der Waals surface area contributed by atoms with Crippen molar-refractivity contribution >= 4 is 39.9 Å². The summed E-state index contributed by atoms with van der Waals surface area (Å²) in [6.07, 6.45) is 0. The van der Waals surface area contributed by atoms with Crippen LogP contribution in [-0.4, -0.2) is 17.1 Å². The second kappa shape index (κ2) is 8.41. The van der Waals surface area contributed by atoms with Gasteiger partial charge in [-0.2, -0.15) is 0 Å². The predicted molar refractivity (Wildman–Crippen MR) is 114 cm³/mol. The van der Waals surface area contributed by atoms with Crippen LogP contribution in [-0.2, 0) is 0 Å². The molecule has 3 aromatic rings. The third-order valence-electron chi connectivity index (χ3n) is 3.77. The summed E-state index contributed by atoms with van der Waals surface area (Å²) in [7, 11) is 0. The van der Waals surface area contributed by atoms with Crippen molar-refractivity contribution in [2.45, 2.75) is 24.0 Å². The lowest BCUT2D eigenvalue weighted by Crippen LogP contribution is -2.16. The Labute approximate surface area is 166 Å². The van der Waals surface area contributed by atoms with E-state index in [4.69, 9.17) is 5.73 Å². The van der Waals surface area contributed by atoms with Crippen LogP contribution in [0.15, 0.2) is 65.6 Å². The van der Waals surface area contributed by atoms with Crippen LogP contribution < -0.4 is 11.1 Å². The van der Waals surface area contributed by atoms with Gasteiger partial charge in [-0.3, -0.25) is 9.59 Å². The van der Waals surface area contributed by atoms with Crippen molar-refractivity contribution < 1.29 is 9.59 Å². The zero-order valence-corrected chi connectivity index (χ0v) is 16.7. The average Bonchev–Trinajstić information content (AvgIpc) is 3.06. The summed E-state index contributed by atoms with van der Waals surface area (Å²) in [5.74, 6) is -0.826. The maximum Gasteiger partial charge on any atom is 0.256 e. The minimum absolute atomic E-state index is 0.264. The van der Waals surface area contributed by atoms with E-state index in [1.165, 1.54) is 11.3 Å². The first kappa shape index (κ1) is 19.2. The number of thiophene rings is 1. The topological polar surface area (TPSA) is 72.2 Å². The molecule has 0 unspecified atom stereocenters. The molecule has 0 aliphatic heterocycles. The third kappa shape index (κ3) is 4.78. The molecule has 0 radical (unpaired) electrons. The summed E-state index contributed by atoms with van der Waals surface area (Å²) in [5.41, 5.74) is 7.33. The van der Waals surface area contributed by atoms with Gasteiger partial charge in [-0.05, 0) is 35.9 Å². The Morgan fingerprint density at radius 3 is 2.30 bits per heavy atom. The van der Waals surface area contributed by atoms with Crippen LogP contribution >= 0.6 is 23.1 Å². The van der Waals surface area contributed by atoms with Crippen molar-refractivity contribution in [2.75, 3.05) is 5.32 Å². The summed E-state index contributed by atoms with van der Waals surface area (Å²) in [5, 5.41) is 3.77. The van der Waals surface area contributed by atoms with Crippen LogP contribution in [0, 0.1) is 0 Å². The largest absolute Gasteiger partial charge is 0.366 e. The van der Waals surface area contributed by atoms with Gasteiger partial charge in [-0.15, -0.1) is 23.1 Å². The van der Waals surface area contributed by atoms with Crippen LogP contribution in [0.25, 0.3) is 10.4 Å². The molecule has 1 heterocycles. The number of thioether (sulfide) groups is 1. The number of carbonyl (C=O) groups excluding carboxylic acids is 2. The van der Waals surface area contributed by atoms with Gasteiger partial charge in [0.2, 0.25) is 0 Å². The van der Waals surface area contributed by atoms with E-state index in [1.807, 2.05) is 42.5 Å². The molecular weight excluding hydrogens is 376 g/mol. The standard InChI is InChI=1S/C21H20N2O2S2/c1-13(2)26-16-10-8-15(9-11-16)20(25)23-21-17(19(22)24)12-18(27-21)14-6-4-3-5-7-14/h3-13H,1-2H3,(H2,22,24)(H,23,25). The molecule has 27 heavy (non-hydrogen) atoms. The van der Waals surface area contributed by atoms with E-state index < -0.39 is 5.91 Å². The summed E-state index contributed by atoms with van der Waals surface area (Å²) >= 11 is 3.08. The van der Waals surface area contributed by atoms with Crippen molar-refractivity contribution in [3.63, 3.8) is 0 Å². The van der Waals surface area contributed by atoms with Crippen molar-refractivity contribution in [1.82, 2.24) is 0 Å². The van der Waals surface area contributed by atoms with E-state index >= 15 is 0 Å². The van der Waals surface area contributed by atoms with E-state index in [9.17, 15) is 9.59 Å². The minimum Gasteiger partial charge on any atom is -0.366 e. The number of hydrogen-bond acceptors (Lipinski definition) is 4. The van der Waals surface area contributed by atoms with Gasteiger partial charge >= 0.3 is 0 Å². The molecule has 3 N–H and O–H groups in total. The second-order valence-corrected chi connectivity index (χ2v) is 8.93. The van der Waals surface area contributed by atoms with Crippen LogP contribution in [0.5, 0.6) is 0 Å². The van der Waals surface area contributed by atoms with Gasteiger partial charge in [-0.1, -0.05) is 44.2 Å². The summed E-state index contributed by atoms with van der Waals surface area (Å²) in [4.78, 5) is 26.4. The average molecular weight is 397 g/mol. The van der Waals surface area contributed by atoms with Gasteiger partial charge in [0.05, 0.1) is 5.56 Å². The molecule has 2 amide bonds. The van der Waals surface area contributed by atoms with Crippen LogP contribution in [0.4, 0.5) is 5.00 Å². The Balaban J connectivity index is 1.83. The van der Waals surface area contributed by atoms with Crippen molar-refractivity contribution in [3.8, 4) is 10.4 Å². The second-order valence-electron chi connectivity index (χ2n) is 6.23. The van der Waals surface area contributed by atoms with Crippen LogP contribution in [0.3, 0.4) is 0 Å².